The van der Waals surface area contributed by atoms with Crippen molar-refractivity contribution in [1.29, 1.82) is 5.26 Å². The highest BCUT2D eigenvalue weighted by Gasteiger charge is 2.32. The van der Waals surface area contributed by atoms with Crippen molar-refractivity contribution < 1.29 is 22.3 Å². The van der Waals surface area contributed by atoms with Gasteiger partial charge in [0.15, 0.2) is 0 Å². The maximum absolute atomic E-state index is 13.7. The monoisotopic (exact) mass is 394 g/mol. The second-order valence-corrected chi connectivity index (χ2v) is 7.65. The van der Waals surface area contributed by atoms with Gasteiger partial charge in [-0.05, 0) is 36.8 Å². The molecule has 0 aromatic heterocycles. The zero-order valence-electron chi connectivity index (χ0n) is 13.2. The molecular formula is C17H12ClFN2O4S. The highest BCUT2D eigenvalue weighted by Crippen LogP contribution is 2.36. The Kier molecular flexibility index (Phi) is 4.85. The number of hydrogen-bond acceptors (Lipinski definition) is 5. The summed E-state index contributed by atoms with van der Waals surface area (Å²) in [5, 5.41) is 9.39. The van der Waals surface area contributed by atoms with Crippen LogP contribution in [-0.2, 0) is 14.8 Å². The fraction of sp³-hybridized carbons (Fsp3) is 0.176. The summed E-state index contributed by atoms with van der Waals surface area (Å²) in [6.45, 7) is 0.232. The molecule has 1 amide bonds. The van der Waals surface area contributed by atoms with E-state index in [4.69, 9.17) is 21.6 Å². The standard InChI is InChI=1S/C17H12ClFN2O4S/c18-10-4-5-15-12(8-10)11(6-7-25-15)17(22)21-26(23,24)16-3-1-2-14(19)13(16)9-20/h1-5,8,11H,6-7H2,(H,21,22)/t11-/m0/s1. The lowest BCUT2D eigenvalue weighted by Crippen LogP contribution is -2.37. The maximum Gasteiger partial charge on any atom is 0.265 e. The van der Waals surface area contributed by atoms with Crippen LogP contribution < -0.4 is 9.46 Å². The molecule has 1 N–H and O–H groups in total. The summed E-state index contributed by atoms with van der Waals surface area (Å²) in [7, 11) is -4.42. The number of nitrogens with one attached hydrogen (secondary N) is 1. The Hall–Kier alpha value is -2.63. The lowest BCUT2D eigenvalue weighted by Gasteiger charge is -2.25. The van der Waals surface area contributed by atoms with Crippen molar-refractivity contribution in [3.8, 4) is 11.8 Å². The summed E-state index contributed by atoms with van der Waals surface area (Å²) in [4.78, 5) is 12.0. The van der Waals surface area contributed by atoms with E-state index in [1.54, 1.807) is 12.1 Å². The number of benzene rings is 2. The van der Waals surface area contributed by atoms with Crippen molar-refractivity contribution in [2.75, 3.05) is 6.61 Å². The number of nitrogens with zero attached hydrogens (tertiary/aromatic N) is 1. The molecule has 0 saturated heterocycles. The third kappa shape index (κ3) is 3.36. The van der Waals surface area contributed by atoms with E-state index in [0.717, 1.165) is 18.2 Å². The molecule has 1 heterocycles. The quantitative estimate of drug-likeness (QED) is 0.863. The molecule has 1 aliphatic heterocycles. The summed E-state index contributed by atoms with van der Waals surface area (Å²) in [6, 6.07) is 9.43. The SMILES string of the molecule is N#Cc1c(F)cccc1S(=O)(=O)NC(=O)[C@H]1CCOc2ccc(Cl)cc21. The molecule has 0 fully saturated rings. The molecule has 0 radical (unpaired) electrons. The summed E-state index contributed by atoms with van der Waals surface area (Å²) in [5.41, 5.74) is -0.181. The second-order valence-electron chi connectivity index (χ2n) is 5.57. The normalized spacial score (nSPS) is 16.1. The van der Waals surface area contributed by atoms with Crippen molar-refractivity contribution >= 4 is 27.5 Å². The number of fused-ring (bicyclic) bond motifs is 1. The minimum absolute atomic E-state index is 0.232. The van der Waals surface area contributed by atoms with Crippen molar-refractivity contribution in [2.45, 2.75) is 17.2 Å². The highest BCUT2D eigenvalue weighted by molar-refractivity contribution is 7.90. The molecule has 2 aromatic rings. The number of carbonyl (C=O) groups is 1. The van der Waals surface area contributed by atoms with Gasteiger partial charge in [0, 0.05) is 10.6 Å². The first kappa shape index (κ1) is 18.2. The van der Waals surface area contributed by atoms with Crippen LogP contribution in [0.1, 0.15) is 23.5 Å². The Morgan fingerprint density at radius 3 is 2.85 bits per heavy atom. The van der Waals surface area contributed by atoms with Crippen LogP contribution in [0.3, 0.4) is 0 Å². The Labute approximate surface area is 154 Å². The molecule has 3 rings (SSSR count). The van der Waals surface area contributed by atoms with Crippen LogP contribution in [0.25, 0.3) is 0 Å². The fourth-order valence-electron chi connectivity index (χ4n) is 2.73. The average molecular weight is 395 g/mol. The largest absolute Gasteiger partial charge is 0.493 e. The van der Waals surface area contributed by atoms with Gasteiger partial charge >= 0.3 is 0 Å². The van der Waals surface area contributed by atoms with E-state index in [2.05, 4.69) is 0 Å². The molecule has 0 bridgehead atoms. The first-order valence-corrected chi connectivity index (χ1v) is 9.37. The molecular weight excluding hydrogens is 383 g/mol. The van der Waals surface area contributed by atoms with Gasteiger partial charge in [-0.2, -0.15) is 5.26 Å². The van der Waals surface area contributed by atoms with Gasteiger partial charge < -0.3 is 4.74 Å². The summed E-state index contributed by atoms with van der Waals surface area (Å²) in [5.74, 6) is -2.14. The predicted molar refractivity (Wildman–Crippen MR) is 90.7 cm³/mol. The van der Waals surface area contributed by atoms with E-state index in [-0.39, 0.29) is 13.0 Å². The number of rotatable bonds is 3. The number of halogens is 2. The van der Waals surface area contributed by atoms with Gasteiger partial charge in [0.25, 0.3) is 10.0 Å². The van der Waals surface area contributed by atoms with Crippen LogP contribution in [0.2, 0.25) is 5.02 Å². The molecule has 9 heteroatoms. The van der Waals surface area contributed by atoms with Gasteiger partial charge in [-0.25, -0.2) is 17.5 Å². The molecule has 0 spiro atoms. The van der Waals surface area contributed by atoms with E-state index < -0.39 is 38.1 Å². The smallest absolute Gasteiger partial charge is 0.265 e. The third-order valence-electron chi connectivity index (χ3n) is 3.94. The number of carbonyl (C=O) groups excluding carboxylic acids is 1. The van der Waals surface area contributed by atoms with Crippen LogP contribution in [0.4, 0.5) is 4.39 Å². The lowest BCUT2D eigenvalue weighted by molar-refractivity contribution is -0.121. The minimum Gasteiger partial charge on any atom is -0.493 e. The van der Waals surface area contributed by atoms with E-state index >= 15 is 0 Å². The van der Waals surface area contributed by atoms with E-state index in [1.165, 1.54) is 12.1 Å². The van der Waals surface area contributed by atoms with E-state index in [9.17, 15) is 17.6 Å². The van der Waals surface area contributed by atoms with Crippen molar-refractivity contribution in [3.63, 3.8) is 0 Å². The number of hydrogen-bond donors (Lipinski definition) is 1. The van der Waals surface area contributed by atoms with Crippen molar-refractivity contribution in [2.24, 2.45) is 0 Å². The zero-order chi connectivity index (χ0) is 18.9. The fourth-order valence-corrected chi connectivity index (χ4v) is 4.10. The van der Waals surface area contributed by atoms with Crippen LogP contribution in [0.5, 0.6) is 5.75 Å². The Morgan fingerprint density at radius 2 is 2.12 bits per heavy atom. The summed E-state index contributed by atoms with van der Waals surface area (Å²) >= 11 is 5.95. The molecule has 6 nitrogen and oxygen atoms in total. The Bertz CT molecular complexity index is 1030. The van der Waals surface area contributed by atoms with E-state index in [0.29, 0.717) is 16.3 Å². The molecule has 1 atom stereocenters. The lowest BCUT2D eigenvalue weighted by atomic mass is 9.93. The molecule has 134 valence electrons. The summed E-state index contributed by atoms with van der Waals surface area (Å²) < 4.78 is 46.0. The first-order chi connectivity index (χ1) is 12.3. The number of sulfonamides is 1. The second kappa shape index (κ2) is 6.94. The molecule has 0 saturated carbocycles. The van der Waals surface area contributed by atoms with Crippen molar-refractivity contribution in [3.05, 3.63) is 58.4 Å². The topological polar surface area (TPSA) is 96.3 Å². The van der Waals surface area contributed by atoms with E-state index in [1.807, 2.05) is 4.72 Å². The first-order valence-electron chi connectivity index (χ1n) is 7.51. The van der Waals surface area contributed by atoms with Gasteiger partial charge in [-0.3, -0.25) is 4.79 Å². The van der Waals surface area contributed by atoms with Gasteiger partial charge in [0.1, 0.15) is 28.1 Å². The zero-order valence-corrected chi connectivity index (χ0v) is 14.8. The Morgan fingerprint density at radius 1 is 1.35 bits per heavy atom. The van der Waals surface area contributed by atoms with Gasteiger partial charge in [-0.1, -0.05) is 17.7 Å². The van der Waals surface area contributed by atoms with Crippen LogP contribution in [0, 0.1) is 17.1 Å². The molecule has 26 heavy (non-hydrogen) atoms. The number of nitriles is 1. The van der Waals surface area contributed by atoms with Gasteiger partial charge in [0.2, 0.25) is 5.91 Å². The summed E-state index contributed by atoms with van der Waals surface area (Å²) in [6.07, 6.45) is 0.253. The molecule has 2 aromatic carbocycles. The number of amides is 1. The molecule has 1 aliphatic rings. The van der Waals surface area contributed by atoms with Crippen LogP contribution in [-0.4, -0.2) is 20.9 Å². The Balaban J connectivity index is 1.93. The van der Waals surface area contributed by atoms with Crippen LogP contribution in [0.15, 0.2) is 41.3 Å². The highest BCUT2D eigenvalue weighted by atomic mass is 35.5. The maximum atomic E-state index is 13.7. The molecule has 0 unspecified atom stereocenters. The number of ether oxygens (including phenoxy) is 1. The molecule has 0 aliphatic carbocycles. The van der Waals surface area contributed by atoms with Gasteiger partial charge in [-0.15, -0.1) is 0 Å². The van der Waals surface area contributed by atoms with Crippen molar-refractivity contribution in [1.82, 2.24) is 4.72 Å². The third-order valence-corrected chi connectivity index (χ3v) is 5.56. The van der Waals surface area contributed by atoms with Gasteiger partial charge in [0.05, 0.1) is 12.5 Å². The minimum atomic E-state index is -4.42. The van der Waals surface area contributed by atoms with Crippen LogP contribution >= 0.6 is 11.6 Å². The predicted octanol–water partition coefficient (Wildman–Crippen LogP) is 2.72. The average Bonchev–Trinajstić information content (AvgIpc) is 2.60.